The van der Waals surface area contributed by atoms with E-state index in [0.717, 1.165) is 5.92 Å². The van der Waals surface area contributed by atoms with Gasteiger partial charge in [0.25, 0.3) is 0 Å². The highest BCUT2D eigenvalue weighted by molar-refractivity contribution is 7.80. The molecule has 0 aromatic carbocycles. The van der Waals surface area contributed by atoms with Crippen molar-refractivity contribution < 1.29 is 0 Å². The molecule has 0 rings (SSSR count). The average Bonchev–Trinajstić information content (AvgIpc) is 2.15. The summed E-state index contributed by atoms with van der Waals surface area (Å²) in [4.78, 5) is 0. The van der Waals surface area contributed by atoms with E-state index in [-0.39, 0.29) is 0 Å². The molecule has 15 heavy (non-hydrogen) atoms. The van der Waals surface area contributed by atoms with Crippen molar-refractivity contribution in [2.24, 2.45) is 5.92 Å². The minimum Gasteiger partial charge on any atom is -0.176 e. The maximum Gasteiger partial charge on any atom is 0.00192 e. The first-order valence-corrected chi connectivity index (χ1v) is 7.36. The van der Waals surface area contributed by atoms with E-state index >= 15 is 0 Å². The van der Waals surface area contributed by atoms with Crippen LogP contribution in [0.1, 0.15) is 78.6 Å². The third-order valence-electron chi connectivity index (χ3n) is 2.88. The maximum atomic E-state index is 4.63. The zero-order chi connectivity index (χ0) is 11.5. The smallest absolute Gasteiger partial charge is 0.00192 e. The van der Waals surface area contributed by atoms with Crippen molar-refractivity contribution in [1.82, 2.24) is 0 Å². The van der Waals surface area contributed by atoms with Gasteiger partial charge in [-0.1, -0.05) is 65.7 Å². The lowest BCUT2D eigenvalue weighted by Crippen LogP contribution is -2.03. The molecule has 0 aliphatic carbocycles. The number of rotatable bonds is 10. The molecule has 0 fully saturated rings. The molecule has 0 amide bonds. The molecule has 0 nitrogen and oxygen atoms in total. The van der Waals surface area contributed by atoms with E-state index in [9.17, 15) is 0 Å². The van der Waals surface area contributed by atoms with E-state index < -0.39 is 0 Å². The van der Waals surface area contributed by atoms with Gasteiger partial charge in [-0.2, -0.15) is 12.6 Å². The van der Waals surface area contributed by atoms with Gasteiger partial charge in [-0.15, -0.1) is 0 Å². The molecule has 0 saturated carbocycles. The van der Waals surface area contributed by atoms with Gasteiger partial charge in [0, 0.05) is 5.25 Å². The third-order valence-corrected chi connectivity index (χ3v) is 3.35. The molecule has 0 N–H and O–H groups in total. The first kappa shape index (κ1) is 15.3. The normalized spacial score (nSPS) is 13.4. The summed E-state index contributed by atoms with van der Waals surface area (Å²) in [7, 11) is 0. The molecule has 92 valence electrons. The van der Waals surface area contributed by atoms with Crippen molar-refractivity contribution in [3.05, 3.63) is 0 Å². The Labute approximate surface area is 103 Å². The van der Waals surface area contributed by atoms with Gasteiger partial charge in [-0.3, -0.25) is 0 Å². The fourth-order valence-corrected chi connectivity index (χ4v) is 2.60. The first-order valence-electron chi connectivity index (χ1n) is 6.84. The van der Waals surface area contributed by atoms with Gasteiger partial charge < -0.3 is 0 Å². The van der Waals surface area contributed by atoms with Crippen molar-refractivity contribution in [1.29, 1.82) is 0 Å². The van der Waals surface area contributed by atoms with Crippen LogP contribution >= 0.6 is 12.6 Å². The Balaban J connectivity index is 3.09. The van der Waals surface area contributed by atoms with Crippen LogP contribution in [0.4, 0.5) is 0 Å². The summed E-state index contributed by atoms with van der Waals surface area (Å²) in [6.07, 6.45) is 12.5. The Hall–Kier alpha value is 0.350. The minimum atomic E-state index is 0.639. The molecule has 0 radical (unpaired) electrons. The Bertz CT molecular complexity index is 121. The van der Waals surface area contributed by atoms with Crippen molar-refractivity contribution in [3.8, 4) is 0 Å². The molecule has 0 aliphatic heterocycles. The second-order valence-corrected chi connectivity index (χ2v) is 5.92. The summed E-state index contributed by atoms with van der Waals surface area (Å²) in [5.41, 5.74) is 0. The predicted molar refractivity (Wildman–Crippen MR) is 74.8 cm³/mol. The molecular formula is C14H30S. The number of hydrogen-bond donors (Lipinski definition) is 1. The fraction of sp³-hybridized carbons (Fsp3) is 1.00. The van der Waals surface area contributed by atoms with Gasteiger partial charge in [-0.05, 0) is 18.8 Å². The van der Waals surface area contributed by atoms with Gasteiger partial charge in [0.2, 0.25) is 0 Å². The second-order valence-electron chi connectivity index (χ2n) is 5.19. The second kappa shape index (κ2) is 10.9. The van der Waals surface area contributed by atoms with Gasteiger partial charge in [0.05, 0.1) is 0 Å². The maximum absolute atomic E-state index is 4.63. The lowest BCUT2D eigenvalue weighted by Gasteiger charge is -2.12. The summed E-state index contributed by atoms with van der Waals surface area (Å²) < 4.78 is 0. The van der Waals surface area contributed by atoms with Gasteiger partial charge >= 0.3 is 0 Å². The van der Waals surface area contributed by atoms with Crippen molar-refractivity contribution in [2.75, 3.05) is 0 Å². The SMILES string of the molecule is CCCCCCCCCC(S)CC(C)C. The summed E-state index contributed by atoms with van der Waals surface area (Å²) in [5, 5.41) is 0.639. The highest BCUT2D eigenvalue weighted by Crippen LogP contribution is 2.17. The molecule has 0 saturated heterocycles. The van der Waals surface area contributed by atoms with Crippen molar-refractivity contribution >= 4 is 12.6 Å². The lowest BCUT2D eigenvalue weighted by atomic mass is 10.0. The summed E-state index contributed by atoms with van der Waals surface area (Å²) in [6, 6.07) is 0. The highest BCUT2D eigenvalue weighted by Gasteiger charge is 2.04. The Morgan fingerprint density at radius 3 is 1.93 bits per heavy atom. The van der Waals surface area contributed by atoms with E-state index in [4.69, 9.17) is 0 Å². The van der Waals surface area contributed by atoms with Crippen LogP contribution in [0.2, 0.25) is 0 Å². The van der Waals surface area contributed by atoms with E-state index in [1.165, 1.54) is 57.8 Å². The highest BCUT2D eigenvalue weighted by atomic mass is 32.1. The average molecular weight is 230 g/mol. The largest absolute Gasteiger partial charge is 0.176 e. The number of hydrogen-bond acceptors (Lipinski definition) is 1. The Kier molecular flexibility index (Phi) is 11.1. The zero-order valence-corrected chi connectivity index (χ0v) is 11.9. The first-order chi connectivity index (χ1) is 7.16. The molecule has 1 heteroatoms. The molecule has 0 bridgehead atoms. The number of unbranched alkanes of at least 4 members (excludes halogenated alkanes) is 6. The van der Waals surface area contributed by atoms with Gasteiger partial charge in [-0.25, -0.2) is 0 Å². The van der Waals surface area contributed by atoms with Gasteiger partial charge in [0.15, 0.2) is 0 Å². The Morgan fingerprint density at radius 2 is 1.40 bits per heavy atom. The van der Waals surface area contributed by atoms with E-state index in [2.05, 4.69) is 33.4 Å². The van der Waals surface area contributed by atoms with Gasteiger partial charge in [0.1, 0.15) is 0 Å². The molecule has 0 heterocycles. The van der Waals surface area contributed by atoms with E-state index in [1.54, 1.807) is 0 Å². The molecule has 1 unspecified atom stereocenters. The topological polar surface area (TPSA) is 0 Å². The van der Waals surface area contributed by atoms with Crippen LogP contribution in [0.5, 0.6) is 0 Å². The van der Waals surface area contributed by atoms with E-state index in [0.29, 0.717) is 5.25 Å². The van der Waals surface area contributed by atoms with Crippen molar-refractivity contribution in [3.63, 3.8) is 0 Å². The fourth-order valence-electron chi connectivity index (χ4n) is 2.00. The molecule has 1 atom stereocenters. The molecule has 0 spiro atoms. The van der Waals surface area contributed by atoms with Crippen molar-refractivity contribution in [2.45, 2.75) is 83.8 Å². The zero-order valence-electron chi connectivity index (χ0n) is 11.0. The summed E-state index contributed by atoms with van der Waals surface area (Å²) >= 11 is 4.63. The third kappa shape index (κ3) is 12.3. The monoisotopic (exact) mass is 230 g/mol. The summed E-state index contributed by atoms with van der Waals surface area (Å²) in [5.74, 6) is 0.803. The van der Waals surface area contributed by atoms with Crippen LogP contribution in [0.3, 0.4) is 0 Å². The van der Waals surface area contributed by atoms with E-state index in [1.807, 2.05) is 0 Å². The minimum absolute atomic E-state index is 0.639. The lowest BCUT2D eigenvalue weighted by molar-refractivity contribution is 0.518. The molecule has 0 aromatic heterocycles. The van der Waals surface area contributed by atoms with Crippen LogP contribution in [-0.2, 0) is 0 Å². The molecular weight excluding hydrogens is 200 g/mol. The van der Waals surface area contributed by atoms with Crippen LogP contribution < -0.4 is 0 Å². The van der Waals surface area contributed by atoms with Crippen LogP contribution in [-0.4, -0.2) is 5.25 Å². The summed E-state index contributed by atoms with van der Waals surface area (Å²) in [6.45, 7) is 6.85. The standard InChI is InChI=1S/C14H30S/c1-4-5-6-7-8-9-10-11-14(15)12-13(2)3/h13-15H,4-12H2,1-3H3. The van der Waals surface area contributed by atoms with Crippen LogP contribution in [0, 0.1) is 5.92 Å². The number of thiol groups is 1. The quantitative estimate of drug-likeness (QED) is 0.373. The Morgan fingerprint density at radius 1 is 0.867 bits per heavy atom. The van der Waals surface area contributed by atoms with Crippen LogP contribution in [0.25, 0.3) is 0 Å². The predicted octanol–water partition coefficient (Wildman–Crippen LogP) is 5.47. The molecule has 0 aliphatic rings. The molecule has 0 aromatic rings. The van der Waals surface area contributed by atoms with Crippen LogP contribution in [0.15, 0.2) is 0 Å².